The minimum absolute atomic E-state index is 0.557. The Morgan fingerprint density at radius 2 is 1.67 bits per heavy atom. The molecular weight excluding hydrogens is 176 g/mol. The van der Waals surface area contributed by atoms with Crippen LogP contribution in [0, 0.1) is 17.7 Å². The fourth-order valence-corrected chi connectivity index (χ4v) is 0.649. The van der Waals surface area contributed by atoms with Crippen LogP contribution in [-0.4, -0.2) is 6.61 Å². The summed E-state index contributed by atoms with van der Waals surface area (Å²) in [5, 5.41) is 0. The molecule has 0 fully saturated rings. The summed E-state index contributed by atoms with van der Waals surface area (Å²) >= 11 is 0. The van der Waals surface area contributed by atoms with Crippen LogP contribution in [0.5, 0.6) is 5.75 Å². The van der Waals surface area contributed by atoms with Gasteiger partial charge in [0.1, 0.15) is 17.4 Å². The normalized spacial score (nSPS) is 10.4. The number of benzene rings is 1. The molecule has 0 aliphatic heterocycles. The molecule has 1 aromatic rings. The summed E-state index contributed by atoms with van der Waals surface area (Å²) < 4.78 is 51.3. The van der Waals surface area contributed by atoms with E-state index >= 15 is 0 Å². The first-order valence-corrected chi connectivity index (χ1v) is 2.91. The van der Waals surface area contributed by atoms with Crippen molar-refractivity contribution in [1.82, 2.24) is 0 Å². The molecule has 0 bridgehead atoms. The third-order valence-electron chi connectivity index (χ3n) is 1.00. The lowest BCUT2D eigenvalue weighted by atomic mass is 10.3. The minimum Gasteiger partial charge on any atom is -0.435 e. The van der Waals surface area contributed by atoms with E-state index in [2.05, 4.69) is 4.74 Å². The van der Waals surface area contributed by atoms with E-state index in [-0.39, 0.29) is 0 Å². The predicted octanol–water partition coefficient (Wildman–Crippen LogP) is 2.37. The fraction of sp³-hybridized carbons (Fsp3) is 0.143. The first-order valence-electron chi connectivity index (χ1n) is 2.91. The van der Waals surface area contributed by atoms with Gasteiger partial charge in [-0.05, 0) is 0 Å². The van der Waals surface area contributed by atoms with Gasteiger partial charge in [0.25, 0.3) is 0 Å². The van der Waals surface area contributed by atoms with E-state index in [1.54, 1.807) is 6.07 Å². The van der Waals surface area contributed by atoms with E-state index in [1.807, 2.05) is 0 Å². The highest BCUT2D eigenvalue weighted by molar-refractivity contribution is 5.22. The van der Waals surface area contributed by atoms with Gasteiger partial charge in [0.2, 0.25) is 0 Å². The van der Waals surface area contributed by atoms with Gasteiger partial charge in [-0.1, -0.05) is 0 Å². The molecule has 0 aromatic heterocycles. The number of alkyl halides is 2. The Labute approximate surface area is 65.6 Å². The molecule has 0 saturated heterocycles. The molecule has 1 nitrogen and oxygen atoms in total. The molecule has 0 saturated carbocycles. The Bertz CT molecular complexity index is 254. The van der Waals surface area contributed by atoms with Gasteiger partial charge in [0, 0.05) is 12.1 Å². The maximum absolute atomic E-state index is 12.3. The average Bonchev–Trinajstić information content (AvgIpc) is 1.81. The van der Waals surface area contributed by atoms with E-state index in [9.17, 15) is 17.6 Å². The van der Waals surface area contributed by atoms with Crippen molar-refractivity contribution in [1.29, 1.82) is 0 Å². The summed E-state index contributed by atoms with van der Waals surface area (Å²) in [5.41, 5.74) is 0. The summed E-state index contributed by atoms with van der Waals surface area (Å²) in [5.74, 6) is -2.71. The molecule has 0 N–H and O–H groups in total. The number of rotatable bonds is 2. The van der Waals surface area contributed by atoms with Crippen LogP contribution in [0.4, 0.5) is 17.6 Å². The van der Waals surface area contributed by atoms with Gasteiger partial charge in [-0.2, -0.15) is 8.78 Å². The molecule has 65 valence electrons. The molecule has 1 rings (SSSR count). The molecule has 0 heterocycles. The largest absolute Gasteiger partial charge is 0.435 e. The van der Waals surface area contributed by atoms with Crippen LogP contribution in [-0.2, 0) is 0 Å². The summed E-state index contributed by atoms with van der Waals surface area (Å²) in [6.45, 7) is -3.09. The molecule has 5 heteroatoms. The molecular formula is C7H3F4O. The van der Waals surface area contributed by atoms with Crippen molar-refractivity contribution in [3.8, 4) is 5.75 Å². The van der Waals surface area contributed by atoms with Crippen molar-refractivity contribution in [3.63, 3.8) is 0 Å². The van der Waals surface area contributed by atoms with E-state index < -0.39 is 24.0 Å². The summed E-state index contributed by atoms with van der Waals surface area (Å²) in [4.78, 5) is 0. The summed E-state index contributed by atoms with van der Waals surface area (Å²) in [6.07, 6.45) is 0. The summed E-state index contributed by atoms with van der Waals surface area (Å²) in [6, 6.07) is 2.87. The van der Waals surface area contributed by atoms with Crippen molar-refractivity contribution in [2.75, 3.05) is 0 Å². The lowest BCUT2D eigenvalue weighted by Gasteiger charge is -2.03. The zero-order valence-corrected chi connectivity index (χ0v) is 5.65. The fourth-order valence-electron chi connectivity index (χ4n) is 0.649. The van der Waals surface area contributed by atoms with E-state index in [0.29, 0.717) is 12.1 Å². The SMILES string of the molecule is Fc1[c]c(F)cc(OC(F)F)c1. The maximum Gasteiger partial charge on any atom is 0.387 e. The van der Waals surface area contributed by atoms with Crippen LogP contribution in [0.15, 0.2) is 12.1 Å². The second-order valence-corrected chi connectivity index (χ2v) is 1.89. The van der Waals surface area contributed by atoms with Gasteiger partial charge in [-0.25, -0.2) is 8.78 Å². The van der Waals surface area contributed by atoms with Crippen molar-refractivity contribution in [2.24, 2.45) is 0 Å². The van der Waals surface area contributed by atoms with Gasteiger partial charge in [-0.15, -0.1) is 0 Å². The Morgan fingerprint density at radius 1 is 1.17 bits per heavy atom. The standard InChI is InChI=1S/C7H3F4O/c8-4-1-5(9)3-6(2-4)12-7(10)11/h2-3,7H. The third kappa shape index (κ3) is 2.41. The molecule has 0 unspecified atom stereocenters. The number of ether oxygens (including phenoxy) is 1. The first kappa shape index (κ1) is 8.83. The van der Waals surface area contributed by atoms with Crippen molar-refractivity contribution < 1.29 is 22.3 Å². The van der Waals surface area contributed by atoms with Gasteiger partial charge >= 0.3 is 6.61 Å². The number of halogens is 4. The van der Waals surface area contributed by atoms with Gasteiger partial charge < -0.3 is 4.74 Å². The maximum atomic E-state index is 12.3. The van der Waals surface area contributed by atoms with Crippen molar-refractivity contribution in [2.45, 2.75) is 6.61 Å². The van der Waals surface area contributed by atoms with Crippen LogP contribution < -0.4 is 4.74 Å². The Morgan fingerprint density at radius 3 is 2.08 bits per heavy atom. The molecule has 0 aliphatic carbocycles. The van der Waals surface area contributed by atoms with Crippen LogP contribution in [0.3, 0.4) is 0 Å². The Hall–Kier alpha value is -1.26. The van der Waals surface area contributed by atoms with E-state index in [0.717, 1.165) is 0 Å². The summed E-state index contributed by atoms with van der Waals surface area (Å²) in [7, 11) is 0. The molecule has 0 amide bonds. The second-order valence-electron chi connectivity index (χ2n) is 1.89. The highest BCUT2D eigenvalue weighted by Crippen LogP contribution is 2.16. The van der Waals surface area contributed by atoms with Crippen LogP contribution in [0.2, 0.25) is 0 Å². The van der Waals surface area contributed by atoms with E-state index in [4.69, 9.17) is 0 Å². The monoisotopic (exact) mass is 179 g/mol. The van der Waals surface area contributed by atoms with Crippen molar-refractivity contribution >= 4 is 0 Å². The lowest BCUT2D eigenvalue weighted by molar-refractivity contribution is -0.0501. The average molecular weight is 179 g/mol. The first-order chi connectivity index (χ1) is 5.58. The smallest absolute Gasteiger partial charge is 0.387 e. The second kappa shape index (κ2) is 3.42. The molecule has 12 heavy (non-hydrogen) atoms. The van der Waals surface area contributed by atoms with Crippen LogP contribution in [0.1, 0.15) is 0 Å². The predicted molar refractivity (Wildman–Crippen MR) is 31.8 cm³/mol. The van der Waals surface area contributed by atoms with Gasteiger partial charge in [0.15, 0.2) is 0 Å². The van der Waals surface area contributed by atoms with Crippen molar-refractivity contribution in [3.05, 3.63) is 29.8 Å². The molecule has 1 aromatic carbocycles. The topological polar surface area (TPSA) is 9.23 Å². The molecule has 0 atom stereocenters. The minimum atomic E-state index is -3.09. The Balaban J connectivity index is 2.85. The zero-order chi connectivity index (χ0) is 9.14. The van der Waals surface area contributed by atoms with Crippen LogP contribution >= 0.6 is 0 Å². The highest BCUT2D eigenvalue weighted by atomic mass is 19.3. The quantitative estimate of drug-likeness (QED) is 0.633. The molecule has 1 radical (unpaired) electrons. The molecule has 0 spiro atoms. The molecule has 0 aliphatic rings. The lowest BCUT2D eigenvalue weighted by Crippen LogP contribution is -2.02. The van der Waals surface area contributed by atoms with E-state index in [1.165, 1.54) is 0 Å². The van der Waals surface area contributed by atoms with Gasteiger partial charge in [-0.3, -0.25) is 0 Å². The Kier molecular flexibility index (Phi) is 2.52. The van der Waals surface area contributed by atoms with Gasteiger partial charge in [0.05, 0.1) is 6.07 Å². The number of hydrogen-bond donors (Lipinski definition) is 0. The third-order valence-corrected chi connectivity index (χ3v) is 1.00. The number of hydrogen-bond acceptors (Lipinski definition) is 1. The van der Waals surface area contributed by atoms with Crippen LogP contribution in [0.25, 0.3) is 0 Å². The zero-order valence-electron chi connectivity index (χ0n) is 5.65. The highest BCUT2D eigenvalue weighted by Gasteiger charge is 2.07.